The molecule has 0 unspecified atom stereocenters. The normalized spacial score (nSPS) is 13.5. The van der Waals surface area contributed by atoms with Crippen molar-refractivity contribution in [3.63, 3.8) is 0 Å². The van der Waals surface area contributed by atoms with Gasteiger partial charge in [-0.15, -0.1) is 0 Å². The highest BCUT2D eigenvalue weighted by Gasteiger charge is 2.35. The Labute approximate surface area is 76.9 Å². The first-order valence-corrected chi connectivity index (χ1v) is 4.21. The average molecular weight is 172 g/mol. The molecule has 0 aliphatic rings. The van der Waals surface area contributed by atoms with Crippen LogP contribution in [0.1, 0.15) is 6.42 Å². The van der Waals surface area contributed by atoms with Gasteiger partial charge in [-0.25, -0.2) is 0 Å². The molecule has 0 spiro atoms. The largest absolute Gasteiger partial charge is 0.279 e. The molecular formula is C9H22N3. The molecule has 1 radical (unpaired) electrons. The summed E-state index contributed by atoms with van der Waals surface area (Å²) in [4.78, 5) is 6.54. The van der Waals surface area contributed by atoms with Crippen LogP contribution in [0.3, 0.4) is 0 Å². The van der Waals surface area contributed by atoms with Crippen molar-refractivity contribution in [2.75, 3.05) is 42.3 Å². The minimum atomic E-state index is -0.0694. The van der Waals surface area contributed by atoms with Crippen molar-refractivity contribution in [2.24, 2.45) is 0 Å². The minimum absolute atomic E-state index is 0.0694. The van der Waals surface area contributed by atoms with Crippen molar-refractivity contribution in [2.45, 2.75) is 12.2 Å². The van der Waals surface area contributed by atoms with E-state index in [-0.39, 0.29) is 5.79 Å². The van der Waals surface area contributed by atoms with Crippen LogP contribution in [0.15, 0.2) is 0 Å². The highest BCUT2D eigenvalue weighted by Crippen LogP contribution is 2.21. The second-order valence-electron chi connectivity index (χ2n) is 3.71. The van der Waals surface area contributed by atoms with Gasteiger partial charge in [0.05, 0.1) is 0 Å². The molecule has 0 N–H and O–H groups in total. The molecule has 0 fully saturated rings. The third kappa shape index (κ3) is 1.79. The number of hydrogen-bond donors (Lipinski definition) is 0. The Hall–Kier alpha value is -0.120. The maximum absolute atomic E-state index is 4.00. The SMILES string of the molecule is [CH2]CC(N(C)C)(N(C)C)N(C)C. The zero-order valence-corrected chi connectivity index (χ0v) is 9.26. The maximum Gasteiger partial charge on any atom is 0.129 e. The third-order valence-electron chi connectivity index (χ3n) is 2.48. The van der Waals surface area contributed by atoms with Gasteiger partial charge in [0, 0.05) is 0 Å². The molecule has 0 aliphatic carbocycles. The van der Waals surface area contributed by atoms with Crippen molar-refractivity contribution in [1.82, 2.24) is 14.7 Å². The first kappa shape index (κ1) is 11.9. The molecule has 0 aliphatic heterocycles. The van der Waals surface area contributed by atoms with Gasteiger partial charge >= 0.3 is 0 Å². The van der Waals surface area contributed by atoms with Crippen molar-refractivity contribution < 1.29 is 0 Å². The second kappa shape index (κ2) is 4.21. The lowest BCUT2D eigenvalue weighted by atomic mass is 10.2. The highest BCUT2D eigenvalue weighted by atomic mass is 15.5. The summed E-state index contributed by atoms with van der Waals surface area (Å²) in [5.74, 6) is -0.0694. The van der Waals surface area contributed by atoms with E-state index in [1.54, 1.807) is 0 Å². The van der Waals surface area contributed by atoms with Crippen LogP contribution in [0, 0.1) is 6.92 Å². The molecule has 3 nitrogen and oxygen atoms in total. The Morgan fingerprint density at radius 2 is 1.08 bits per heavy atom. The van der Waals surface area contributed by atoms with E-state index in [4.69, 9.17) is 0 Å². The van der Waals surface area contributed by atoms with E-state index in [9.17, 15) is 0 Å². The first-order valence-electron chi connectivity index (χ1n) is 4.21. The lowest BCUT2D eigenvalue weighted by Crippen LogP contribution is -2.63. The van der Waals surface area contributed by atoms with Crippen molar-refractivity contribution in [1.29, 1.82) is 0 Å². The van der Waals surface area contributed by atoms with Gasteiger partial charge in [-0.2, -0.15) is 0 Å². The molecule has 73 valence electrons. The van der Waals surface area contributed by atoms with Crippen LogP contribution in [0.4, 0.5) is 0 Å². The van der Waals surface area contributed by atoms with Crippen LogP contribution in [0.5, 0.6) is 0 Å². The molecule has 0 aromatic rings. The molecule has 0 saturated heterocycles. The third-order valence-corrected chi connectivity index (χ3v) is 2.48. The lowest BCUT2D eigenvalue weighted by Gasteiger charge is -2.49. The van der Waals surface area contributed by atoms with Crippen LogP contribution >= 0.6 is 0 Å². The zero-order valence-electron chi connectivity index (χ0n) is 9.26. The van der Waals surface area contributed by atoms with E-state index in [0.717, 1.165) is 6.42 Å². The fourth-order valence-electron chi connectivity index (χ4n) is 1.87. The van der Waals surface area contributed by atoms with Gasteiger partial charge in [0.1, 0.15) is 5.79 Å². The van der Waals surface area contributed by atoms with Crippen molar-refractivity contribution >= 4 is 0 Å². The van der Waals surface area contributed by atoms with Crippen LogP contribution < -0.4 is 0 Å². The molecule has 0 amide bonds. The Morgan fingerprint density at radius 3 is 1.08 bits per heavy atom. The van der Waals surface area contributed by atoms with Crippen LogP contribution in [0.25, 0.3) is 0 Å². The lowest BCUT2D eigenvalue weighted by molar-refractivity contribution is -0.106. The van der Waals surface area contributed by atoms with Crippen LogP contribution in [-0.2, 0) is 0 Å². The maximum atomic E-state index is 4.00. The van der Waals surface area contributed by atoms with E-state index in [1.807, 2.05) is 0 Å². The fourth-order valence-corrected chi connectivity index (χ4v) is 1.87. The van der Waals surface area contributed by atoms with Crippen molar-refractivity contribution in [3.05, 3.63) is 6.92 Å². The summed E-state index contributed by atoms with van der Waals surface area (Å²) in [6.45, 7) is 4.00. The Bertz CT molecular complexity index is 108. The molecule has 0 heterocycles. The average Bonchev–Trinajstić information content (AvgIpc) is 1.86. The summed E-state index contributed by atoms with van der Waals surface area (Å²) < 4.78 is 0. The summed E-state index contributed by atoms with van der Waals surface area (Å²) in [7, 11) is 12.4. The molecule has 0 aromatic heterocycles. The molecule has 3 heteroatoms. The summed E-state index contributed by atoms with van der Waals surface area (Å²) in [6, 6.07) is 0. The summed E-state index contributed by atoms with van der Waals surface area (Å²) in [5, 5.41) is 0. The van der Waals surface area contributed by atoms with Crippen LogP contribution in [-0.4, -0.2) is 62.8 Å². The van der Waals surface area contributed by atoms with Gasteiger partial charge in [0.25, 0.3) is 0 Å². The van der Waals surface area contributed by atoms with Gasteiger partial charge in [-0.1, -0.05) is 0 Å². The van der Waals surface area contributed by atoms with Gasteiger partial charge in [0.15, 0.2) is 0 Å². The molecule has 0 aromatic carbocycles. The predicted molar refractivity (Wildman–Crippen MR) is 53.8 cm³/mol. The predicted octanol–water partition coefficient (Wildman–Crippen LogP) is 0.549. The number of hydrogen-bond acceptors (Lipinski definition) is 3. The molecule has 0 bridgehead atoms. The summed E-state index contributed by atoms with van der Waals surface area (Å²) in [5.41, 5.74) is 0. The number of nitrogens with zero attached hydrogens (tertiary/aromatic N) is 3. The van der Waals surface area contributed by atoms with E-state index in [0.29, 0.717) is 0 Å². The summed E-state index contributed by atoms with van der Waals surface area (Å²) in [6.07, 6.45) is 0.833. The Kier molecular flexibility index (Phi) is 4.17. The standard InChI is InChI=1S/C9H22N3/c1-8-9(10(2)3,11(4)5)12(6)7/h1,8H2,2-7H3. The Balaban J connectivity index is 4.77. The smallest absolute Gasteiger partial charge is 0.129 e. The highest BCUT2D eigenvalue weighted by molar-refractivity contribution is 4.82. The monoisotopic (exact) mass is 172 g/mol. The van der Waals surface area contributed by atoms with Crippen LogP contribution in [0.2, 0.25) is 0 Å². The zero-order chi connectivity index (χ0) is 9.94. The van der Waals surface area contributed by atoms with Crippen molar-refractivity contribution in [3.8, 4) is 0 Å². The van der Waals surface area contributed by atoms with E-state index >= 15 is 0 Å². The summed E-state index contributed by atoms with van der Waals surface area (Å²) >= 11 is 0. The molecule has 0 atom stereocenters. The molecule has 0 rings (SSSR count). The topological polar surface area (TPSA) is 9.72 Å². The van der Waals surface area contributed by atoms with E-state index in [1.165, 1.54) is 0 Å². The Morgan fingerprint density at radius 1 is 0.833 bits per heavy atom. The van der Waals surface area contributed by atoms with Gasteiger partial charge in [-0.3, -0.25) is 14.7 Å². The molecule has 12 heavy (non-hydrogen) atoms. The molecule has 0 saturated carbocycles. The fraction of sp³-hybridized carbons (Fsp3) is 0.889. The number of rotatable bonds is 4. The first-order chi connectivity index (χ1) is 5.39. The van der Waals surface area contributed by atoms with E-state index < -0.39 is 0 Å². The molecular weight excluding hydrogens is 150 g/mol. The van der Waals surface area contributed by atoms with E-state index in [2.05, 4.69) is 63.9 Å². The van der Waals surface area contributed by atoms with Gasteiger partial charge < -0.3 is 0 Å². The second-order valence-corrected chi connectivity index (χ2v) is 3.71. The quantitative estimate of drug-likeness (QED) is 0.573. The van der Waals surface area contributed by atoms with Gasteiger partial charge in [-0.05, 0) is 55.6 Å². The minimum Gasteiger partial charge on any atom is -0.279 e. The van der Waals surface area contributed by atoms with Gasteiger partial charge in [0.2, 0.25) is 0 Å².